The Bertz CT molecular complexity index is 1160. The van der Waals surface area contributed by atoms with E-state index in [4.69, 9.17) is 4.74 Å². The number of hydrogen-bond donors (Lipinski definition) is 1. The van der Waals surface area contributed by atoms with Crippen molar-refractivity contribution in [1.29, 1.82) is 0 Å². The molecule has 1 atom stereocenters. The van der Waals surface area contributed by atoms with Crippen LogP contribution in [0.2, 0.25) is 0 Å². The van der Waals surface area contributed by atoms with Gasteiger partial charge in [0.05, 0.1) is 0 Å². The van der Waals surface area contributed by atoms with Crippen LogP contribution in [0.15, 0.2) is 71.2 Å². The fourth-order valence-electron chi connectivity index (χ4n) is 4.11. The third-order valence-electron chi connectivity index (χ3n) is 6.19. The maximum absolute atomic E-state index is 13.7. The van der Waals surface area contributed by atoms with Crippen molar-refractivity contribution >= 4 is 27.7 Å². The molecule has 0 aliphatic rings. The number of carbonyl (C=O) groups is 2. The van der Waals surface area contributed by atoms with Crippen molar-refractivity contribution in [3.63, 3.8) is 0 Å². The van der Waals surface area contributed by atoms with Crippen LogP contribution in [0.4, 0.5) is 0 Å². The molecule has 2 amide bonds. The highest BCUT2D eigenvalue weighted by Crippen LogP contribution is 2.26. The minimum absolute atomic E-state index is 0.154. The molecule has 0 radical (unpaired) electrons. The van der Waals surface area contributed by atoms with E-state index in [2.05, 4.69) is 21.2 Å². The Morgan fingerprint density at radius 3 is 2.22 bits per heavy atom. The highest BCUT2D eigenvalue weighted by molar-refractivity contribution is 9.10. The molecule has 0 aliphatic carbocycles. The fraction of sp³-hybridized carbons (Fsp3) is 0.333. The predicted octanol–water partition coefficient (Wildman–Crippen LogP) is 5.92. The van der Waals surface area contributed by atoms with Gasteiger partial charge in [0.1, 0.15) is 11.8 Å². The number of benzene rings is 3. The van der Waals surface area contributed by atoms with E-state index in [0.717, 1.165) is 38.7 Å². The highest BCUT2D eigenvalue weighted by atomic mass is 79.9. The Morgan fingerprint density at radius 1 is 0.944 bits per heavy atom. The van der Waals surface area contributed by atoms with Gasteiger partial charge < -0.3 is 15.0 Å². The minimum Gasteiger partial charge on any atom is -0.484 e. The molecule has 0 unspecified atom stereocenters. The molecule has 36 heavy (non-hydrogen) atoms. The van der Waals surface area contributed by atoms with Gasteiger partial charge in [-0.3, -0.25) is 9.59 Å². The molecule has 0 heterocycles. The summed E-state index contributed by atoms with van der Waals surface area (Å²) in [6, 6.07) is 20.9. The quantitative estimate of drug-likeness (QED) is 0.322. The number of nitrogens with one attached hydrogen (secondary N) is 1. The lowest BCUT2D eigenvalue weighted by atomic mass is 10.0. The maximum atomic E-state index is 13.7. The number of hydrogen-bond acceptors (Lipinski definition) is 3. The maximum Gasteiger partial charge on any atom is 0.261 e. The second-order valence-corrected chi connectivity index (χ2v) is 9.90. The Labute approximate surface area is 223 Å². The monoisotopic (exact) mass is 550 g/mol. The van der Waals surface area contributed by atoms with Gasteiger partial charge in [0.15, 0.2) is 6.61 Å². The average Bonchev–Trinajstić information content (AvgIpc) is 2.88. The summed E-state index contributed by atoms with van der Waals surface area (Å²) in [5.41, 5.74) is 5.15. The molecule has 0 aromatic heterocycles. The molecule has 1 N–H and O–H groups in total. The number of ether oxygens (including phenoxy) is 1. The van der Waals surface area contributed by atoms with Crippen LogP contribution in [0, 0.1) is 20.8 Å². The van der Waals surface area contributed by atoms with E-state index in [1.165, 1.54) is 0 Å². The standard InChI is InChI=1S/C30H35BrN2O3/c1-5-15-32-30(35)27(18-24-12-7-6-8-13-24)33(19-25-14-10-9-11-21(25)2)28(34)20-36-26-16-22(3)29(31)23(4)17-26/h6-14,16-17,27H,5,15,18-20H2,1-4H3,(H,32,35)/t27-/m0/s1. The van der Waals surface area contributed by atoms with Crippen LogP contribution >= 0.6 is 15.9 Å². The Morgan fingerprint density at radius 2 is 1.58 bits per heavy atom. The molecule has 0 bridgehead atoms. The first-order valence-electron chi connectivity index (χ1n) is 12.3. The SMILES string of the molecule is CCCNC(=O)[C@H](Cc1ccccc1)N(Cc1ccccc1C)C(=O)COc1cc(C)c(Br)c(C)c1. The largest absolute Gasteiger partial charge is 0.484 e. The van der Waals surface area contributed by atoms with Crippen molar-refractivity contribution in [2.75, 3.05) is 13.2 Å². The van der Waals surface area contributed by atoms with Gasteiger partial charge in [-0.2, -0.15) is 0 Å². The molecule has 0 saturated heterocycles. The Hall–Kier alpha value is -3.12. The number of halogens is 1. The first kappa shape index (κ1) is 27.5. The lowest BCUT2D eigenvalue weighted by molar-refractivity contribution is -0.142. The number of carbonyl (C=O) groups excluding carboxylic acids is 2. The van der Waals surface area contributed by atoms with Crippen LogP contribution in [-0.2, 0) is 22.6 Å². The summed E-state index contributed by atoms with van der Waals surface area (Å²) < 4.78 is 6.98. The topological polar surface area (TPSA) is 58.6 Å². The lowest BCUT2D eigenvalue weighted by Crippen LogP contribution is -2.51. The van der Waals surface area contributed by atoms with Gasteiger partial charge in [-0.15, -0.1) is 0 Å². The fourth-order valence-corrected chi connectivity index (χ4v) is 4.34. The van der Waals surface area contributed by atoms with E-state index < -0.39 is 6.04 Å². The van der Waals surface area contributed by atoms with Gasteiger partial charge >= 0.3 is 0 Å². The minimum atomic E-state index is -0.664. The zero-order valence-electron chi connectivity index (χ0n) is 21.5. The van der Waals surface area contributed by atoms with Crippen molar-refractivity contribution < 1.29 is 14.3 Å². The Balaban J connectivity index is 1.92. The summed E-state index contributed by atoms with van der Waals surface area (Å²) in [6.45, 7) is 8.74. The summed E-state index contributed by atoms with van der Waals surface area (Å²) in [7, 11) is 0. The van der Waals surface area contributed by atoms with Gasteiger partial charge in [0.2, 0.25) is 5.91 Å². The summed E-state index contributed by atoms with van der Waals surface area (Å²) in [4.78, 5) is 28.7. The normalized spacial score (nSPS) is 11.6. The van der Waals surface area contributed by atoms with Crippen LogP contribution in [0.5, 0.6) is 5.75 Å². The molecular formula is C30H35BrN2O3. The molecule has 5 nitrogen and oxygen atoms in total. The smallest absolute Gasteiger partial charge is 0.261 e. The van der Waals surface area contributed by atoms with Crippen LogP contribution in [-0.4, -0.2) is 35.9 Å². The molecule has 3 aromatic rings. The number of nitrogens with zero attached hydrogens (tertiary/aromatic N) is 1. The van der Waals surface area contributed by atoms with E-state index in [-0.39, 0.29) is 18.4 Å². The number of aryl methyl sites for hydroxylation is 3. The first-order valence-corrected chi connectivity index (χ1v) is 13.1. The number of rotatable bonds is 11. The van der Waals surface area contributed by atoms with Crippen molar-refractivity contribution in [3.8, 4) is 5.75 Å². The van der Waals surface area contributed by atoms with Gasteiger partial charge in [-0.05, 0) is 67.1 Å². The molecule has 3 aromatic carbocycles. The lowest BCUT2D eigenvalue weighted by Gasteiger charge is -2.32. The molecule has 0 spiro atoms. The predicted molar refractivity (Wildman–Crippen MR) is 148 cm³/mol. The second kappa shape index (κ2) is 13.3. The third-order valence-corrected chi connectivity index (χ3v) is 7.45. The molecule has 3 rings (SSSR count). The molecule has 0 aliphatic heterocycles. The van der Waals surface area contributed by atoms with E-state index in [9.17, 15) is 9.59 Å². The van der Waals surface area contributed by atoms with Crippen molar-refractivity contribution in [2.45, 2.75) is 53.1 Å². The van der Waals surface area contributed by atoms with E-state index >= 15 is 0 Å². The number of amides is 2. The van der Waals surface area contributed by atoms with Gasteiger partial charge in [0.25, 0.3) is 5.91 Å². The molecule has 0 saturated carbocycles. The van der Waals surface area contributed by atoms with Gasteiger partial charge in [0, 0.05) is 24.0 Å². The van der Waals surface area contributed by atoms with Crippen LogP contribution < -0.4 is 10.1 Å². The van der Waals surface area contributed by atoms with E-state index in [1.54, 1.807) is 4.90 Å². The molecule has 6 heteroatoms. The zero-order chi connectivity index (χ0) is 26.1. The Kier molecular flexibility index (Phi) is 10.1. The first-order chi connectivity index (χ1) is 17.3. The average molecular weight is 552 g/mol. The summed E-state index contributed by atoms with van der Waals surface area (Å²) in [6.07, 6.45) is 1.24. The van der Waals surface area contributed by atoms with Gasteiger partial charge in [-0.25, -0.2) is 0 Å². The molecular weight excluding hydrogens is 516 g/mol. The van der Waals surface area contributed by atoms with Crippen molar-refractivity contribution in [1.82, 2.24) is 10.2 Å². The van der Waals surface area contributed by atoms with Crippen LogP contribution in [0.3, 0.4) is 0 Å². The van der Waals surface area contributed by atoms with Crippen LogP contribution in [0.1, 0.15) is 41.2 Å². The zero-order valence-corrected chi connectivity index (χ0v) is 23.1. The highest BCUT2D eigenvalue weighted by Gasteiger charge is 2.30. The third kappa shape index (κ3) is 7.44. The summed E-state index contributed by atoms with van der Waals surface area (Å²) >= 11 is 3.57. The molecule has 190 valence electrons. The van der Waals surface area contributed by atoms with E-state index in [0.29, 0.717) is 25.3 Å². The van der Waals surface area contributed by atoms with E-state index in [1.807, 2.05) is 94.4 Å². The second-order valence-electron chi connectivity index (χ2n) is 9.10. The summed E-state index contributed by atoms with van der Waals surface area (Å²) in [5, 5.41) is 3.00. The molecule has 0 fully saturated rings. The van der Waals surface area contributed by atoms with Crippen LogP contribution in [0.25, 0.3) is 0 Å². The summed E-state index contributed by atoms with van der Waals surface area (Å²) in [5.74, 6) is 0.245. The van der Waals surface area contributed by atoms with Crippen molar-refractivity contribution in [3.05, 3.63) is 99.0 Å². The van der Waals surface area contributed by atoms with Gasteiger partial charge in [-0.1, -0.05) is 77.5 Å². The van der Waals surface area contributed by atoms with Crippen molar-refractivity contribution in [2.24, 2.45) is 0 Å².